The van der Waals surface area contributed by atoms with Crippen molar-refractivity contribution in [1.82, 2.24) is 5.32 Å². The first-order valence-electron chi connectivity index (χ1n) is 7.91. The Hall–Kier alpha value is -2.60. The molecule has 0 saturated carbocycles. The normalized spacial score (nSPS) is 20.0. The molecule has 1 saturated heterocycles. The zero-order valence-electron chi connectivity index (χ0n) is 13.1. The van der Waals surface area contributed by atoms with E-state index in [1.54, 1.807) is 0 Å². The number of benzene rings is 2. The topological polar surface area (TPSA) is 84.9 Å². The van der Waals surface area contributed by atoms with Gasteiger partial charge in [0.2, 0.25) is 5.91 Å². The molecule has 6 nitrogen and oxygen atoms in total. The molecule has 6 heteroatoms. The fourth-order valence-electron chi connectivity index (χ4n) is 2.73. The van der Waals surface area contributed by atoms with Crippen molar-refractivity contribution >= 4 is 22.6 Å². The van der Waals surface area contributed by atoms with Gasteiger partial charge in [-0.3, -0.25) is 4.79 Å². The highest BCUT2D eigenvalue weighted by atomic mass is 16.5. The Morgan fingerprint density at radius 3 is 2.62 bits per heavy atom. The summed E-state index contributed by atoms with van der Waals surface area (Å²) < 4.78 is 10.8. The van der Waals surface area contributed by atoms with E-state index in [2.05, 4.69) is 5.32 Å². The second-order valence-corrected chi connectivity index (χ2v) is 5.68. The van der Waals surface area contributed by atoms with Gasteiger partial charge >= 0.3 is 5.97 Å². The summed E-state index contributed by atoms with van der Waals surface area (Å²) in [6.45, 7) is 0.669. The van der Waals surface area contributed by atoms with E-state index in [0.29, 0.717) is 26.0 Å². The molecule has 2 atom stereocenters. The Kier molecular flexibility index (Phi) is 4.96. The lowest BCUT2D eigenvalue weighted by Crippen LogP contribution is -2.37. The molecule has 24 heavy (non-hydrogen) atoms. The number of aliphatic carboxylic acids is 1. The minimum atomic E-state index is -1.02. The number of ether oxygens (including phenoxy) is 2. The number of carboxylic acid groups (broad SMARTS) is 1. The first kappa shape index (κ1) is 16.3. The van der Waals surface area contributed by atoms with E-state index in [1.807, 2.05) is 42.5 Å². The van der Waals surface area contributed by atoms with Crippen LogP contribution in [0.2, 0.25) is 0 Å². The molecule has 0 radical (unpaired) electrons. The molecule has 0 unspecified atom stereocenters. The predicted molar refractivity (Wildman–Crippen MR) is 88.0 cm³/mol. The summed E-state index contributed by atoms with van der Waals surface area (Å²) in [6, 6.07) is 13.8. The summed E-state index contributed by atoms with van der Waals surface area (Å²) in [6.07, 6.45) is -0.781. The van der Waals surface area contributed by atoms with E-state index in [4.69, 9.17) is 14.6 Å². The first-order valence-corrected chi connectivity index (χ1v) is 7.91. The fraction of sp³-hybridized carbons (Fsp3) is 0.333. The maximum Gasteiger partial charge on any atom is 0.332 e. The van der Waals surface area contributed by atoms with Crippen molar-refractivity contribution in [3.8, 4) is 5.75 Å². The van der Waals surface area contributed by atoms with Crippen molar-refractivity contribution in [1.29, 1.82) is 0 Å². The fourth-order valence-corrected chi connectivity index (χ4v) is 2.73. The van der Waals surface area contributed by atoms with Gasteiger partial charge in [0, 0.05) is 0 Å². The quantitative estimate of drug-likeness (QED) is 0.792. The van der Waals surface area contributed by atoms with E-state index in [9.17, 15) is 9.59 Å². The zero-order valence-corrected chi connectivity index (χ0v) is 13.1. The largest absolute Gasteiger partial charge is 0.492 e. The lowest BCUT2D eigenvalue weighted by molar-refractivity contribution is -0.151. The molecular weight excluding hydrogens is 310 g/mol. The maximum absolute atomic E-state index is 11.9. The van der Waals surface area contributed by atoms with Crippen molar-refractivity contribution in [3.63, 3.8) is 0 Å². The second-order valence-electron chi connectivity index (χ2n) is 5.68. The van der Waals surface area contributed by atoms with E-state index < -0.39 is 18.2 Å². The van der Waals surface area contributed by atoms with Gasteiger partial charge in [-0.05, 0) is 35.7 Å². The molecule has 0 aliphatic carbocycles. The number of hydrogen-bond acceptors (Lipinski definition) is 4. The smallest absolute Gasteiger partial charge is 0.332 e. The third-order valence-electron chi connectivity index (χ3n) is 3.98. The molecule has 2 aromatic rings. The number of carboxylic acids is 1. The molecular formula is C18H19NO5. The van der Waals surface area contributed by atoms with Gasteiger partial charge < -0.3 is 19.9 Å². The van der Waals surface area contributed by atoms with Crippen LogP contribution in [0.15, 0.2) is 42.5 Å². The van der Waals surface area contributed by atoms with Gasteiger partial charge in [-0.25, -0.2) is 4.79 Å². The predicted octanol–water partition coefficient (Wildman–Crippen LogP) is 1.97. The van der Waals surface area contributed by atoms with E-state index in [1.165, 1.54) is 0 Å². The summed E-state index contributed by atoms with van der Waals surface area (Å²) in [5.41, 5.74) is 0. The van der Waals surface area contributed by atoms with Crippen molar-refractivity contribution in [2.24, 2.45) is 0 Å². The number of carbonyl (C=O) groups is 2. The number of carbonyl (C=O) groups excluding carboxylic acids is 1. The summed E-state index contributed by atoms with van der Waals surface area (Å²) in [4.78, 5) is 22.7. The molecule has 0 aromatic heterocycles. The molecule has 1 amide bonds. The minimum absolute atomic E-state index is 0.291. The van der Waals surface area contributed by atoms with E-state index in [0.717, 1.165) is 16.5 Å². The van der Waals surface area contributed by atoms with Crippen LogP contribution < -0.4 is 10.1 Å². The van der Waals surface area contributed by atoms with Crippen LogP contribution in [0, 0.1) is 0 Å². The molecule has 1 aliphatic heterocycles. The van der Waals surface area contributed by atoms with Gasteiger partial charge in [0.25, 0.3) is 0 Å². The van der Waals surface area contributed by atoms with Crippen LogP contribution in [0.4, 0.5) is 0 Å². The number of hydrogen-bond donors (Lipinski definition) is 2. The van der Waals surface area contributed by atoms with Crippen molar-refractivity contribution < 1.29 is 24.2 Å². The Bertz CT molecular complexity index is 745. The third kappa shape index (κ3) is 3.83. The Labute approximate surface area is 139 Å². The lowest BCUT2D eigenvalue weighted by Gasteiger charge is -2.12. The van der Waals surface area contributed by atoms with Crippen LogP contribution in [-0.2, 0) is 14.3 Å². The van der Waals surface area contributed by atoms with Crippen LogP contribution in [0.1, 0.15) is 12.8 Å². The summed E-state index contributed by atoms with van der Waals surface area (Å²) in [5.74, 6) is -0.572. The lowest BCUT2D eigenvalue weighted by atomic mass is 10.1. The molecule has 3 rings (SSSR count). The monoisotopic (exact) mass is 329 g/mol. The molecule has 1 heterocycles. The van der Waals surface area contributed by atoms with Gasteiger partial charge in [0.1, 0.15) is 18.5 Å². The highest BCUT2D eigenvalue weighted by molar-refractivity contribution is 5.84. The van der Waals surface area contributed by atoms with Gasteiger partial charge in [0.15, 0.2) is 6.10 Å². The molecule has 0 bridgehead atoms. The number of rotatable bonds is 6. The van der Waals surface area contributed by atoms with Gasteiger partial charge in [-0.2, -0.15) is 0 Å². The van der Waals surface area contributed by atoms with Crippen molar-refractivity contribution in [2.75, 3.05) is 13.2 Å². The standard InChI is InChI=1S/C18H19NO5/c20-17(15-7-8-16(24-15)18(21)22)19-9-10-23-14-6-5-12-3-1-2-4-13(12)11-14/h1-6,11,15-16H,7-10H2,(H,19,20)(H,21,22)/t15-,16+/m0/s1. The number of nitrogens with one attached hydrogen (secondary N) is 1. The molecule has 2 aromatic carbocycles. The van der Waals surface area contributed by atoms with E-state index >= 15 is 0 Å². The number of fused-ring (bicyclic) bond motifs is 1. The molecule has 1 aliphatic rings. The average Bonchev–Trinajstić information content (AvgIpc) is 3.09. The second kappa shape index (κ2) is 7.31. The van der Waals surface area contributed by atoms with Crippen LogP contribution >= 0.6 is 0 Å². The van der Waals surface area contributed by atoms with Gasteiger partial charge in [-0.1, -0.05) is 30.3 Å². The zero-order chi connectivity index (χ0) is 16.9. The van der Waals surface area contributed by atoms with Crippen molar-refractivity contribution in [3.05, 3.63) is 42.5 Å². The highest BCUT2D eigenvalue weighted by Crippen LogP contribution is 2.21. The summed E-state index contributed by atoms with van der Waals surface area (Å²) >= 11 is 0. The minimum Gasteiger partial charge on any atom is -0.492 e. The average molecular weight is 329 g/mol. The van der Waals surface area contributed by atoms with Crippen molar-refractivity contribution in [2.45, 2.75) is 25.0 Å². The maximum atomic E-state index is 11.9. The molecule has 2 N–H and O–H groups in total. The van der Waals surface area contributed by atoms with Gasteiger partial charge in [0.05, 0.1) is 6.54 Å². The Balaban J connectivity index is 1.43. The third-order valence-corrected chi connectivity index (χ3v) is 3.98. The van der Waals surface area contributed by atoms with Crippen LogP contribution in [0.5, 0.6) is 5.75 Å². The SMILES string of the molecule is O=C(NCCOc1ccc2ccccc2c1)[C@@H]1CC[C@H](C(=O)O)O1. The van der Waals surface area contributed by atoms with E-state index in [-0.39, 0.29) is 5.91 Å². The van der Waals surface area contributed by atoms with Crippen LogP contribution in [-0.4, -0.2) is 42.3 Å². The Morgan fingerprint density at radius 1 is 1.12 bits per heavy atom. The summed E-state index contributed by atoms with van der Waals surface area (Å²) in [5, 5.41) is 13.8. The van der Waals surface area contributed by atoms with Gasteiger partial charge in [-0.15, -0.1) is 0 Å². The Morgan fingerprint density at radius 2 is 1.88 bits per heavy atom. The summed E-state index contributed by atoms with van der Waals surface area (Å²) in [7, 11) is 0. The number of amides is 1. The highest BCUT2D eigenvalue weighted by Gasteiger charge is 2.34. The molecule has 126 valence electrons. The molecule has 0 spiro atoms. The van der Waals surface area contributed by atoms with Crippen LogP contribution in [0.25, 0.3) is 10.8 Å². The first-order chi connectivity index (χ1) is 11.6. The molecule has 1 fully saturated rings. The van der Waals surface area contributed by atoms with Crippen LogP contribution in [0.3, 0.4) is 0 Å².